The third-order valence-electron chi connectivity index (χ3n) is 5.34. The molecule has 0 saturated carbocycles. The van der Waals surface area contributed by atoms with Crippen LogP contribution in [0, 0.1) is 0 Å². The van der Waals surface area contributed by atoms with Gasteiger partial charge in [0.25, 0.3) is 0 Å². The van der Waals surface area contributed by atoms with Crippen molar-refractivity contribution in [1.29, 1.82) is 0 Å². The predicted octanol–water partition coefficient (Wildman–Crippen LogP) is 4.78. The summed E-state index contributed by atoms with van der Waals surface area (Å²) >= 11 is 5.96. The number of para-hydroxylation sites is 1. The summed E-state index contributed by atoms with van der Waals surface area (Å²) in [6.07, 6.45) is 3.93. The van der Waals surface area contributed by atoms with Gasteiger partial charge in [-0.2, -0.15) is 0 Å². The van der Waals surface area contributed by atoms with Gasteiger partial charge in [-0.25, -0.2) is 4.79 Å². The summed E-state index contributed by atoms with van der Waals surface area (Å²) in [6, 6.07) is 15.4. The van der Waals surface area contributed by atoms with E-state index in [-0.39, 0.29) is 5.60 Å². The van der Waals surface area contributed by atoms with E-state index in [0.29, 0.717) is 18.1 Å². The van der Waals surface area contributed by atoms with E-state index in [2.05, 4.69) is 23.8 Å². The fourth-order valence-corrected chi connectivity index (χ4v) is 3.78. The zero-order valence-corrected chi connectivity index (χ0v) is 17.0. The van der Waals surface area contributed by atoms with Crippen LogP contribution in [0.15, 0.2) is 54.6 Å². The topological polar surface area (TPSA) is 62.8 Å². The second-order valence-corrected chi connectivity index (χ2v) is 7.71. The van der Waals surface area contributed by atoms with E-state index in [4.69, 9.17) is 21.3 Å². The van der Waals surface area contributed by atoms with Crippen LogP contribution in [0.1, 0.15) is 30.9 Å². The number of carbonyl (C=O) groups is 1. The van der Waals surface area contributed by atoms with Gasteiger partial charge in [-0.1, -0.05) is 48.9 Å². The fraction of sp³-hybridized carbons (Fsp3) is 0.318. The van der Waals surface area contributed by atoms with Crippen molar-refractivity contribution < 1.29 is 14.5 Å². The lowest BCUT2D eigenvalue weighted by molar-refractivity contribution is -0.153. The van der Waals surface area contributed by atoms with Gasteiger partial charge in [-0.15, -0.1) is 5.06 Å². The van der Waals surface area contributed by atoms with E-state index in [9.17, 15) is 4.79 Å². The molecular weight excluding hydrogens is 390 g/mol. The van der Waals surface area contributed by atoms with Crippen LogP contribution in [0.4, 0.5) is 10.5 Å². The number of carbonyl (C=O) groups excluding carboxylic acids is 1. The van der Waals surface area contributed by atoms with Gasteiger partial charge >= 0.3 is 6.09 Å². The van der Waals surface area contributed by atoms with Crippen LogP contribution in [-0.2, 0) is 16.1 Å². The molecule has 2 aliphatic rings. The summed E-state index contributed by atoms with van der Waals surface area (Å²) in [7, 11) is 0. The number of piperidine rings is 1. The lowest BCUT2D eigenvalue weighted by Gasteiger charge is -2.35. The van der Waals surface area contributed by atoms with Crippen molar-refractivity contribution in [3.05, 3.63) is 70.8 Å². The quantitative estimate of drug-likeness (QED) is 0.755. The van der Waals surface area contributed by atoms with Crippen molar-refractivity contribution in [2.24, 2.45) is 0 Å². The highest BCUT2D eigenvalue weighted by atomic mass is 35.5. The summed E-state index contributed by atoms with van der Waals surface area (Å²) in [5.41, 5.74) is 6.47. The number of hydroxylamine groups is 3. The van der Waals surface area contributed by atoms with Gasteiger partial charge < -0.3 is 4.84 Å². The SMILES string of the molecule is CCc1ccccc1NC(=O)ON1CCC2(C=C(c3ccc(Cl)cc3)NO2)CC1. The van der Waals surface area contributed by atoms with Gasteiger partial charge in [0.05, 0.1) is 5.70 Å². The van der Waals surface area contributed by atoms with Crippen LogP contribution in [0.2, 0.25) is 5.02 Å². The maximum Gasteiger partial charge on any atom is 0.430 e. The van der Waals surface area contributed by atoms with Crippen molar-refractivity contribution in [3.63, 3.8) is 0 Å². The molecule has 1 saturated heterocycles. The number of benzene rings is 2. The molecule has 2 aliphatic heterocycles. The second kappa shape index (κ2) is 8.45. The first-order valence-corrected chi connectivity index (χ1v) is 10.2. The Kier molecular flexibility index (Phi) is 5.76. The number of hydrogen-bond acceptors (Lipinski definition) is 5. The molecule has 4 rings (SSSR count). The molecule has 0 bridgehead atoms. The number of nitrogens with zero attached hydrogens (tertiary/aromatic N) is 1. The molecule has 2 aromatic carbocycles. The molecule has 1 fully saturated rings. The van der Waals surface area contributed by atoms with Crippen LogP contribution >= 0.6 is 11.6 Å². The van der Waals surface area contributed by atoms with Gasteiger partial charge in [0.15, 0.2) is 0 Å². The van der Waals surface area contributed by atoms with Crippen molar-refractivity contribution in [2.45, 2.75) is 31.8 Å². The Morgan fingerprint density at radius 1 is 1.21 bits per heavy atom. The molecule has 0 aromatic heterocycles. The average Bonchev–Trinajstić information content (AvgIpc) is 3.14. The first-order chi connectivity index (χ1) is 14.1. The van der Waals surface area contributed by atoms with Crippen LogP contribution in [0.25, 0.3) is 5.70 Å². The third-order valence-corrected chi connectivity index (χ3v) is 5.59. The molecule has 29 heavy (non-hydrogen) atoms. The van der Waals surface area contributed by atoms with Gasteiger partial charge in [-0.05, 0) is 54.7 Å². The first kappa shape index (κ1) is 19.8. The minimum Gasteiger partial charge on any atom is -0.351 e. The smallest absolute Gasteiger partial charge is 0.351 e. The standard InChI is InChI=1S/C22H24ClN3O3/c1-2-16-5-3-4-6-19(16)24-21(27)28-26-13-11-22(12-14-26)15-20(25-29-22)17-7-9-18(23)10-8-17/h3-10,15,25H,2,11-14H2,1H3,(H,24,27). The van der Waals surface area contributed by atoms with Crippen molar-refractivity contribution in [1.82, 2.24) is 10.5 Å². The maximum absolute atomic E-state index is 12.3. The number of rotatable bonds is 4. The van der Waals surface area contributed by atoms with Gasteiger partial charge in [0.2, 0.25) is 0 Å². The third kappa shape index (κ3) is 4.56. The highest BCUT2D eigenvalue weighted by molar-refractivity contribution is 6.30. The largest absolute Gasteiger partial charge is 0.430 e. The highest BCUT2D eigenvalue weighted by Crippen LogP contribution is 2.35. The van der Waals surface area contributed by atoms with Gasteiger partial charge in [-0.3, -0.25) is 15.6 Å². The fourth-order valence-electron chi connectivity index (χ4n) is 3.65. The molecule has 2 aromatic rings. The molecule has 2 N–H and O–H groups in total. The van der Waals surface area contributed by atoms with E-state index >= 15 is 0 Å². The lowest BCUT2D eigenvalue weighted by Crippen LogP contribution is -2.45. The number of anilines is 1. The molecule has 152 valence electrons. The summed E-state index contributed by atoms with van der Waals surface area (Å²) in [5.74, 6) is 0. The molecule has 1 amide bonds. The minimum absolute atomic E-state index is 0.389. The van der Waals surface area contributed by atoms with E-state index in [1.807, 2.05) is 48.5 Å². The second-order valence-electron chi connectivity index (χ2n) is 7.28. The number of halogens is 1. The van der Waals surface area contributed by atoms with Crippen LogP contribution < -0.4 is 10.8 Å². The summed E-state index contributed by atoms with van der Waals surface area (Å²) in [6.45, 7) is 3.24. The summed E-state index contributed by atoms with van der Waals surface area (Å²) < 4.78 is 0. The molecular formula is C22H24ClN3O3. The Labute approximate surface area is 175 Å². The van der Waals surface area contributed by atoms with Gasteiger partial charge in [0.1, 0.15) is 5.60 Å². The average molecular weight is 414 g/mol. The molecule has 7 heteroatoms. The normalized spacial score (nSPS) is 18.2. The van der Waals surface area contributed by atoms with E-state index in [1.54, 1.807) is 5.06 Å². The number of aryl methyl sites for hydroxylation is 1. The number of nitrogens with one attached hydrogen (secondary N) is 2. The predicted molar refractivity (Wildman–Crippen MR) is 113 cm³/mol. The molecule has 6 nitrogen and oxygen atoms in total. The maximum atomic E-state index is 12.3. The zero-order valence-electron chi connectivity index (χ0n) is 16.3. The van der Waals surface area contributed by atoms with Crippen molar-refractivity contribution in [3.8, 4) is 0 Å². The molecule has 0 radical (unpaired) electrons. The summed E-state index contributed by atoms with van der Waals surface area (Å²) in [5, 5.41) is 5.22. The van der Waals surface area contributed by atoms with E-state index in [0.717, 1.165) is 41.8 Å². The van der Waals surface area contributed by atoms with E-state index < -0.39 is 6.09 Å². The van der Waals surface area contributed by atoms with Crippen LogP contribution in [0.3, 0.4) is 0 Å². The van der Waals surface area contributed by atoms with Gasteiger partial charge in [0, 0.05) is 23.8 Å². The van der Waals surface area contributed by atoms with E-state index in [1.165, 1.54) is 0 Å². The molecule has 1 spiro atoms. The molecule has 2 heterocycles. The zero-order chi connectivity index (χ0) is 20.3. The van der Waals surface area contributed by atoms with Crippen molar-refractivity contribution in [2.75, 3.05) is 18.4 Å². The van der Waals surface area contributed by atoms with Crippen LogP contribution in [-0.4, -0.2) is 29.8 Å². The Hall–Kier alpha value is -2.54. The highest BCUT2D eigenvalue weighted by Gasteiger charge is 2.39. The molecule has 0 aliphatic carbocycles. The Morgan fingerprint density at radius 3 is 2.66 bits per heavy atom. The van der Waals surface area contributed by atoms with Crippen molar-refractivity contribution >= 4 is 29.1 Å². The Bertz CT molecular complexity index is 906. The first-order valence-electron chi connectivity index (χ1n) is 9.81. The Morgan fingerprint density at radius 2 is 1.93 bits per heavy atom. The van der Waals surface area contributed by atoms with Crippen LogP contribution in [0.5, 0.6) is 0 Å². The monoisotopic (exact) mass is 413 g/mol. The molecule has 0 atom stereocenters. The lowest BCUT2D eigenvalue weighted by atomic mass is 9.91. The summed E-state index contributed by atoms with van der Waals surface area (Å²) in [4.78, 5) is 23.7. The molecule has 0 unspecified atom stereocenters. The number of amides is 1. The minimum atomic E-state index is -0.468. The Balaban J connectivity index is 1.32. The number of hydrogen-bond donors (Lipinski definition) is 2.